The summed E-state index contributed by atoms with van der Waals surface area (Å²) in [4.78, 5) is 24.9. The second-order valence-corrected chi connectivity index (χ2v) is 4.73. The van der Waals surface area contributed by atoms with Gasteiger partial charge >= 0.3 is 0 Å². The number of rotatable bonds is 5. The van der Waals surface area contributed by atoms with Gasteiger partial charge in [0.2, 0.25) is 5.91 Å². The van der Waals surface area contributed by atoms with Crippen LogP contribution in [-0.4, -0.2) is 36.3 Å². The van der Waals surface area contributed by atoms with Crippen LogP contribution in [-0.2, 0) is 4.79 Å². The normalized spacial score (nSPS) is 10.5. The van der Waals surface area contributed by atoms with Gasteiger partial charge in [0, 0.05) is 32.1 Å². The predicted molar refractivity (Wildman–Crippen MR) is 71.2 cm³/mol. The fourth-order valence-corrected chi connectivity index (χ4v) is 1.52. The number of nitrogens with one attached hydrogen (secondary N) is 1. The summed E-state index contributed by atoms with van der Waals surface area (Å²) in [7, 11) is 1.68. The van der Waals surface area contributed by atoms with Crippen LogP contribution in [0.25, 0.3) is 0 Å². The molecule has 0 aliphatic carbocycles. The lowest BCUT2D eigenvalue weighted by Crippen LogP contribution is -2.36. The van der Waals surface area contributed by atoms with Crippen LogP contribution < -0.4 is 5.32 Å². The number of halogens is 2. The van der Waals surface area contributed by atoms with E-state index in [0.717, 1.165) is 12.1 Å². The van der Waals surface area contributed by atoms with Crippen LogP contribution >= 0.6 is 0 Å². The standard InChI is InChI=1S/C14H18F2N2O2/c1-9(2)18(3)13(19)6-7-17-14(20)11-5-4-10(15)8-12(11)16/h4-5,8-9H,6-7H2,1-3H3,(H,17,20). The molecule has 0 fully saturated rings. The summed E-state index contributed by atoms with van der Waals surface area (Å²) >= 11 is 0. The van der Waals surface area contributed by atoms with E-state index in [1.807, 2.05) is 13.8 Å². The van der Waals surface area contributed by atoms with Crippen molar-refractivity contribution in [2.45, 2.75) is 26.3 Å². The third-order valence-electron chi connectivity index (χ3n) is 2.97. The van der Waals surface area contributed by atoms with E-state index < -0.39 is 17.5 Å². The second-order valence-electron chi connectivity index (χ2n) is 4.73. The second kappa shape index (κ2) is 6.98. The zero-order valence-corrected chi connectivity index (χ0v) is 11.7. The van der Waals surface area contributed by atoms with Gasteiger partial charge in [-0.15, -0.1) is 0 Å². The van der Waals surface area contributed by atoms with E-state index in [2.05, 4.69) is 5.32 Å². The molecule has 1 N–H and O–H groups in total. The molecule has 0 radical (unpaired) electrons. The van der Waals surface area contributed by atoms with Crippen LogP contribution in [0.4, 0.5) is 8.78 Å². The molecule has 0 atom stereocenters. The van der Waals surface area contributed by atoms with Gasteiger partial charge in [0.05, 0.1) is 5.56 Å². The third-order valence-corrected chi connectivity index (χ3v) is 2.97. The molecule has 1 rings (SSSR count). The van der Waals surface area contributed by atoms with Crippen LogP contribution in [0, 0.1) is 11.6 Å². The zero-order valence-electron chi connectivity index (χ0n) is 11.7. The minimum atomic E-state index is -0.923. The average Bonchev–Trinajstić information content (AvgIpc) is 2.37. The van der Waals surface area contributed by atoms with Crippen LogP contribution in [0.5, 0.6) is 0 Å². The molecular weight excluding hydrogens is 266 g/mol. The average molecular weight is 284 g/mol. The molecule has 0 heterocycles. The fourth-order valence-electron chi connectivity index (χ4n) is 1.52. The van der Waals surface area contributed by atoms with Gasteiger partial charge in [-0.1, -0.05) is 0 Å². The van der Waals surface area contributed by atoms with E-state index in [4.69, 9.17) is 0 Å². The molecule has 0 aromatic heterocycles. The molecule has 0 spiro atoms. The SMILES string of the molecule is CC(C)N(C)C(=O)CCNC(=O)c1ccc(F)cc1F. The van der Waals surface area contributed by atoms with Gasteiger partial charge in [0.15, 0.2) is 0 Å². The molecule has 0 saturated heterocycles. The molecule has 4 nitrogen and oxygen atoms in total. The van der Waals surface area contributed by atoms with E-state index in [1.165, 1.54) is 0 Å². The van der Waals surface area contributed by atoms with Crippen molar-refractivity contribution in [1.82, 2.24) is 10.2 Å². The molecule has 20 heavy (non-hydrogen) atoms. The molecule has 0 aliphatic heterocycles. The zero-order chi connectivity index (χ0) is 15.3. The molecule has 0 saturated carbocycles. The summed E-state index contributed by atoms with van der Waals surface area (Å²) in [6.45, 7) is 3.86. The molecule has 0 bridgehead atoms. The smallest absolute Gasteiger partial charge is 0.254 e. The Balaban J connectivity index is 2.50. The molecule has 6 heteroatoms. The van der Waals surface area contributed by atoms with Crippen molar-refractivity contribution in [3.63, 3.8) is 0 Å². The number of carbonyl (C=O) groups is 2. The first kappa shape index (κ1) is 16.1. The fraction of sp³-hybridized carbons (Fsp3) is 0.429. The molecule has 110 valence electrons. The number of hydrogen-bond donors (Lipinski definition) is 1. The number of benzene rings is 1. The van der Waals surface area contributed by atoms with E-state index >= 15 is 0 Å². The predicted octanol–water partition coefficient (Wildman–Crippen LogP) is 1.95. The maximum Gasteiger partial charge on any atom is 0.254 e. The van der Waals surface area contributed by atoms with Gasteiger partial charge in [-0.3, -0.25) is 9.59 Å². The minimum Gasteiger partial charge on any atom is -0.351 e. The number of hydrogen-bond acceptors (Lipinski definition) is 2. The molecule has 1 aromatic rings. The van der Waals surface area contributed by atoms with E-state index in [1.54, 1.807) is 11.9 Å². The molecule has 2 amide bonds. The van der Waals surface area contributed by atoms with Crippen LogP contribution in [0.3, 0.4) is 0 Å². The van der Waals surface area contributed by atoms with Crippen molar-refractivity contribution < 1.29 is 18.4 Å². The van der Waals surface area contributed by atoms with Gasteiger partial charge in [0.1, 0.15) is 11.6 Å². The largest absolute Gasteiger partial charge is 0.351 e. The summed E-state index contributed by atoms with van der Waals surface area (Å²) in [6.07, 6.45) is 0.128. The van der Waals surface area contributed by atoms with Crippen LogP contribution in [0.2, 0.25) is 0 Å². The van der Waals surface area contributed by atoms with E-state index in [9.17, 15) is 18.4 Å². The first-order valence-corrected chi connectivity index (χ1v) is 6.32. The van der Waals surface area contributed by atoms with Crippen molar-refractivity contribution in [3.8, 4) is 0 Å². The monoisotopic (exact) mass is 284 g/mol. The van der Waals surface area contributed by atoms with E-state index in [0.29, 0.717) is 6.07 Å². The quantitative estimate of drug-likeness (QED) is 0.898. The summed E-state index contributed by atoms with van der Waals surface area (Å²) in [6, 6.07) is 2.80. The Morgan fingerprint density at radius 2 is 1.95 bits per heavy atom. The Kier molecular flexibility index (Phi) is 5.61. The van der Waals surface area contributed by atoms with Crippen molar-refractivity contribution in [2.75, 3.05) is 13.6 Å². The van der Waals surface area contributed by atoms with E-state index in [-0.39, 0.29) is 30.5 Å². The van der Waals surface area contributed by atoms with Gasteiger partial charge in [-0.2, -0.15) is 0 Å². The topological polar surface area (TPSA) is 49.4 Å². The Hall–Kier alpha value is -1.98. The van der Waals surface area contributed by atoms with Crippen LogP contribution in [0.1, 0.15) is 30.6 Å². The lowest BCUT2D eigenvalue weighted by atomic mass is 10.2. The minimum absolute atomic E-state index is 0.0766. The molecule has 1 aromatic carbocycles. The molecular formula is C14H18F2N2O2. The van der Waals surface area contributed by atoms with Crippen LogP contribution in [0.15, 0.2) is 18.2 Å². The Bertz CT molecular complexity index is 504. The first-order valence-electron chi connectivity index (χ1n) is 6.32. The van der Waals surface area contributed by atoms with Crippen molar-refractivity contribution in [3.05, 3.63) is 35.4 Å². The highest BCUT2D eigenvalue weighted by molar-refractivity contribution is 5.94. The molecule has 0 aliphatic rings. The maximum atomic E-state index is 13.3. The summed E-state index contributed by atoms with van der Waals surface area (Å²) in [5, 5.41) is 2.44. The van der Waals surface area contributed by atoms with Gasteiger partial charge < -0.3 is 10.2 Å². The summed E-state index contributed by atoms with van der Waals surface area (Å²) < 4.78 is 26.1. The Labute approximate surface area is 116 Å². The van der Waals surface area contributed by atoms with Crippen molar-refractivity contribution in [2.24, 2.45) is 0 Å². The summed E-state index contributed by atoms with van der Waals surface area (Å²) in [5.74, 6) is -2.44. The first-order chi connectivity index (χ1) is 9.32. The number of carbonyl (C=O) groups excluding carboxylic acids is 2. The highest BCUT2D eigenvalue weighted by Crippen LogP contribution is 2.09. The lowest BCUT2D eigenvalue weighted by Gasteiger charge is -2.21. The summed E-state index contributed by atoms with van der Waals surface area (Å²) in [5.41, 5.74) is -0.240. The third kappa shape index (κ3) is 4.29. The maximum absolute atomic E-state index is 13.3. The van der Waals surface area contributed by atoms with Gasteiger partial charge in [-0.25, -0.2) is 8.78 Å². The molecule has 0 unspecified atom stereocenters. The lowest BCUT2D eigenvalue weighted by molar-refractivity contribution is -0.131. The number of amides is 2. The van der Waals surface area contributed by atoms with Crippen molar-refractivity contribution >= 4 is 11.8 Å². The number of nitrogens with zero attached hydrogens (tertiary/aromatic N) is 1. The van der Waals surface area contributed by atoms with Crippen molar-refractivity contribution in [1.29, 1.82) is 0 Å². The highest BCUT2D eigenvalue weighted by atomic mass is 19.1. The van der Waals surface area contributed by atoms with Gasteiger partial charge in [-0.05, 0) is 26.0 Å². The Morgan fingerprint density at radius 3 is 2.50 bits per heavy atom. The Morgan fingerprint density at radius 1 is 1.30 bits per heavy atom. The highest BCUT2D eigenvalue weighted by Gasteiger charge is 2.14. The van der Waals surface area contributed by atoms with Gasteiger partial charge in [0.25, 0.3) is 5.91 Å².